The van der Waals surface area contributed by atoms with Crippen molar-refractivity contribution in [3.63, 3.8) is 0 Å². The summed E-state index contributed by atoms with van der Waals surface area (Å²) >= 11 is 1.47. The number of pyridine rings is 1. The zero-order valence-electron chi connectivity index (χ0n) is 17.7. The second-order valence-corrected chi connectivity index (χ2v) is 8.68. The third kappa shape index (κ3) is 3.68. The van der Waals surface area contributed by atoms with Crippen molar-refractivity contribution in [2.75, 3.05) is 61.6 Å². The molecule has 0 radical (unpaired) electrons. The molecular weight excluding hydrogens is 414 g/mol. The van der Waals surface area contributed by atoms with E-state index in [1.807, 2.05) is 13.0 Å². The number of ether oxygens (including phenoxy) is 2. The minimum atomic E-state index is -0.174. The van der Waals surface area contributed by atoms with Gasteiger partial charge in [-0.25, -0.2) is 9.97 Å². The summed E-state index contributed by atoms with van der Waals surface area (Å²) in [5.41, 5.74) is 3.38. The van der Waals surface area contributed by atoms with Gasteiger partial charge < -0.3 is 19.3 Å². The minimum absolute atomic E-state index is 0.174. The van der Waals surface area contributed by atoms with Gasteiger partial charge in [0.05, 0.1) is 30.7 Å². The molecule has 1 N–H and O–H groups in total. The zero-order valence-corrected chi connectivity index (χ0v) is 18.5. The molecule has 2 fully saturated rings. The zero-order chi connectivity index (χ0) is 21.4. The Bertz CT molecular complexity index is 1120. The lowest BCUT2D eigenvalue weighted by Crippen LogP contribution is -2.38. The van der Waals surface area contributed by atoms with Crippen molar-refractivity contribution in [2.24, 2.45) is 0 Å². The Balaban J connectivity index is 1.46. The van der Waals surface area contributed by atoms with E-state index in [1.54, 1.807) is 19.4 Å². The van der Waals surface area contributed by atoms with Crippen LogP contribution in [-0.2, 0) is 4.74 Å². The van der Waals surface area contributed by atoms with E-state index >= 15 is 0 Å². The quantitative estimate of drug-likeness (QED) is 0.653. The van der Waals surface area contributed by atoms with Gasteiger partial charge in [0.15, 0.2) is 5.13 Å². The highest BCUT2D eigenvalue weighted by atomic mass is 32.1. The molecule has 2 aromatic heterocycles. The fraction of sp³-hybridized carbons (Fsp3) is 0.409. The van der Waals surface area contributed by atoms with Gasteiger partial charge in [0.1, 0.15) is 17.1 Å². The summed E-state index contributed by atoms with van der Waals surface area (Å²) in [6.45, 7) is 7.00. The number of hydrogen-bond acceptors (Lipinski definition) is 8. The first-order valence-electron chi connectivity index (χ1n) is 10.5. The third-order valence-electron chi connectivity index (χ3n) is 5.86. The van der Waals surface area contributed by atoms with Crippen LogP contribution in [0.5, 0.6) is 5.75 Å². The van der Waals surface area contributed by atoms with Gasteiger partial charge in [0.2, 0.25) is 0 Å². The van der Waals surface area contributed by atoms with Crippen molar-refractivity contribution < 1.29 is 14.3 Å². The van der Waals surface area contributed by atoms with Crippen molar-refractivity contribution in [2.45, 2.75) is 13.3 Å². The summed E-state index contributed by atoms with van der Waals surface area (Å²) < 4.78 is 12.0. The molecule has 4 heterocycles. The van der Waals surface area contributed by atoms with Crippen molar-refractivity contribution in [3.8, 4) is 5.75 Å². The summed E-state index contributed by atoms with van der Waals surface area (Å²) in [5.74, 6) is 1.41. The molecule has 1 aromatic carbocycles. The number of hydrogen-bond donors (Lipinski definition) is 1. The maximum atomic E-state index is 13.1. The number of nitrogens with one attached hydrogen (secondary N) is 1. The van der Waals surface area contributed by atoms with Gasteiger partial charge in [-0.05, 0) is 31.5 Å². The van der Waals surface area contributed by atoms with Crippen LogP contribution in [0.15, 0.2) is 24.4 Å². The van der Waals surface area contributed by atoms with E-state index in [1.165, 1.54) is 11.3 Å². The average molecular weight is 440 g/mol. The molecule has 2 saturated heterocycles. The number of methoxy groups -OCH3 is 1. The van der Waals surface area contributed by atoms with E-state index in [0.717, 1.165) is 59.9 Å². The monoisotopic (exact) mass is 439 g/mol. The average Bonchev–Trinajstić information content (AvgIpc) is 3.17. The van der Waals surface area contributed by atoms with Gasteiger partial charge in [-0.1, -0.05) is 11.3 Å². The number of morpholine rings is 1. The van der Waals surface area contributed by atoms with Crippen LogP contribution in [0.4, 0.5) is 16.6 Å². The molecule has 8 nitrogen and oxygen atoms in total. The Hall–Kier alpha value is -2.91. The summed E-state index contributed by atoms with van der Waals surface area (Å²) in [7, 11) is 1.64. The Morgan fingerprint density at radius 3 is 2.68 bits per heavy atom. The van der Waals surface area contributed by atoms with Crippen molar-refractivity contribution in [1.29, 1.82) is 0 Å². The Labute approximate surface area is 184 Å². The highest BCUT2D eigenvalue weighted by Crippen LogP contribution is 2.40. The number of benzene rings is 1. The molecule has 0 atom stereocenters. The molecule has 9 heteroatoms. The number of nitrogens with zero attached hydrogens (tertiary/aromatic N) is 4. The van der Waals surface area contributed by atoms with Crippen LogP contribution in [0.1, 0.15) is 22.3 Å². The molecule has 0 spiro atoms. The lowest BCUT2D eigenvalue weighted by atomic mass is 10.1. The van der Waals surface area contributed by atoms with E-state index in [4.69, 9.17) is 14.5 Å². The highest BCUT2D eigenvalue weighted by molar-refractivity contribution is 7.23. The van der Waals surface area contributed by atoms with E-state index in [9.17, 15) is 4.79 Å². The number of aromatic nitrogens is 2. The van der Waals surface area contributed by atoms with Crippen LogP contribution in [0.25, 0.3) is 10.2 Å². The maximum absolute atomic E-state index is 13.1. The molecule has 0 unspecified atom stereocenters. The molecule has 0 saturated carbocycles. The number of amides is 1. The van der Waals surface area contributed by atoms with Crippen LogP contribution in [-0.4, -0.2) is 62.4 Å². The van der Waals surface area contributed by atoms with E-state index < -0.39 is 0 Å². The number of anilines is 3. The first-order chi connectivity index (χ1) is 15.2. The normalized spacial score (nSPS) is 16.3. The van der Waals surface area contributed by atoms with Gasteiger partial charge in [-0.15, -0.1) is 0 Å². The maximum Gasteiger partial charge on any atom is 0.257 e. The number of rotatable bonds is 5. The Kier molecular flexibility index (Phi) is 5.37. The van der Waals surface area contributed by atoms with Crippen LogP contribution in [0, 0.1) is 6.92 Å². The molecule has 0 bridgehead atoms. The van der Waals surface area contributed by atoms with Crippen molar-refractivity contribution in [1.82, 2.24) is 9.97 Å². The summed E-state index contributed by atoms with van der Waals surface area (Å²) in [6, 6.07) is 5.76. The largest absolute Gasteiger partial charge is 0.494 e. The van der Waals surface area contributed by atoms with Gasteiger partial charge in [-0.3, -0.25) is 10.1 Å². The minimum Gasteiger partial charge on any atom is -0.494 e. The first-order valence-corrected chi connectivity index (χ1v) is 11.3. The van der Waals surface area contributed by atoms with Crippen LogP contribution >= 0.6 is 11.3 Å². The molecule has 2 aliphatic rings. The molecule has 5 rings (SSSR count). The molecule has 3 aromatic rings. The molecule has 0 aliphatic carbocycles. The van der Waals surface area contributed by atoms with E-state index in [0.29, 0.717) is 29.7 Å². The second kappa shape index (κ2) is 8.32. The van der Waals surface area contributed by atoms with E-state index in [2.05, 4.69) is 26.2 Å². The van der Waals surface area contributed by atoms with E-state index in [-0.39, 0.29) is 5.91 Å². The van der Waals surface area contributed by atoms with Crippen LogP contribution in [0.3, 0.4) is 0 Å². The summed E-state index contributed by atoms with van der Waals surface area (Å²) in [4.78, 5) is 26.7. The Morgan fingerprint density at radius 1 is 1.16 bits per heavy atom. The van der Waals surface area contributed by atoms with Gasteiger partial charge in [0, 0.05) is 43.5 Å². The number of carbonyl (C=O) groups excluding carboxylic acids is 1. The van der Waals surface area contributed by atoms with Gasteiger partial charge >= 0.3 is 0 Å². The standard InChI is InChI=1S/C22H25N5O3S/c1-14-15(6-7-23-20(14)27-8-3-9-27)21(28)25-22-24-18-17(29-2)5-4-16(19(18)31-22)26-10-12-30-13-11-26/h4-7H,3,8-13H2,1-2H3,(H,24,25,28). The lowest BCUT2D eigenvalue weighted by Gasteiger charge is -2.33. The molecule has 162 valence electrons. The number of fused-ring (bicyclic) bond motifs is 1. The number of carbonyl (C=O) groups is 1. The summed E-state index contributed by atoms with van der Waals surface area (Å²) in [6.07, 6.45) is 2.87. The smallest absolute Gasteiger partial charge is 0.257 e. The third-order valence-corrected chi connectivity index (χ3v) is 6.85. The highest BCUT2D eigenvalue weighted by Gasteiger charge is 2.23. The fourth-order valence-corrected chi connectivity index (χ4v) is 5.04. The van der Waals surface area contributed by atoms with Gasteiger partial charge in [0.25, 0.3) is 5.91 Å². The van der Waals surface area contributed by atoms with Crippen LogP contribution < -0.4 is 19.9 Å². The fourth-order valence-electron chi connectivity index (χ4n) is 4.02. The van der Waals surface area contributed by atoms with Crippen LogP contribution in [0.2, 0.25) is 0 Å². The van der Waals surface area contributed by atoms with Gasteiger partial charge in [-0.2, -0.15) is 0 Å². The van der Waals surface area contributed by atoms with Crippen molar-refractivity contribution >= 4 is 44.1 Å². The first kappa shape index (κ1) is 20.0. The Morgan fingerprint density at radius 2 is 1.97 bits per heavy atom. The molecule has 1 amide bonds. The number of thiazole rings is 1. The summed E-state index contributed by atoms with van der Waals surface area (Å²) in [5, 5.41) is 3.55. The predicted octanol–water partition coefficient (Wildman–Crippen LogP) is 3.31. The molecule has 2 aliphatic heterocycles. The molecule has 31 heavy (non-hydrogen) atoms. The second-order valence-electron chi connectivity index (χ2n) is 7.68. The molecular formula is C22H25N5O3S. The SMILES string of the molecule is COc1ccc(N2CCOCC2)c2sc(NC(=O)c3ccnc(N4CCC4)c3C)nc12. The predicted molar refractivity (Wildman–Crippen MR) is 123 cm³/mol. The van der Waals surface area contributed by atoms with Crippen molar-refractivity contribution in [3.05, 3.63) is 35.5 Å². The topological polar surface area (TPSA) is 79.8 Å². The lowest BCUT2D eigenvalue weighted by molar-refractivity contribution is 0.102.